The topological polar surface area (TPSA) is 61.6 Å². The SMILES string of the molecule is O=[N+]([O-])CCOCCOCCCCCCCl. The molecular formula is C10H20ClNO4. The van der Waals surface area contributed by atoms with Crippen molar-refractivity contribution in [2.75, 3.05) is 38.9 Å². The van der Waals surface area contributed by atoms with Crippen molar-refractivity contribution in [3.05, 3.63) is 10.1 Å². The van der Waals surface area contributed by atoms with E-state index in [2.05, 4.69) is 0 Å². The molecule has 96 valence electrons. The molecule has 0 aromatic carbocycles. The summed E-state index contributed by atoms with van der Waals surface area (Å²) in [6.45, 7) is 1.67. The van der Waals surface area contributed by atoms with Crippen LogP contribution in [-0.4, -0.2) is 43.8 Å². The summed E-state index contributed by atoms with van der Waals surface area (Å²) in [5.41, 5.74) is 0. The Morgan fingerprint density at radius 1 is 0.938 bits per heavy atom. The lowest BCUT2D eigenvalue weighted by Crippen LogP contribution is -2.12. The van der Waals surface area contributed by atoms with E-state index in [1.54, 1.807) is 0 Å². The van der Waals surface area contributed by atoms with Gasteiger partial charge in [0, 0.05) is 17.4 Å². The minimum Gasteiger partial charge on any atom is -0.379 e. The van der Waals surface area contributed by atoms with Crippen LogP contribution in [0, 0.1) is 10.1 Å². The highest BCUT2D eigenvalue weighted by atomic mass is 35.5. The van der Waals surface area contributed by atoms with Gasteiger partial charge in [0.25, 0.3) is 0 Å². The molecule has 0 amide bonds. The number of ether oxygens (including phenoxy) is 2. The molecule has 0 radical (unpaired) electrons. The van der Waals surface area contributed by atoms with E-state index < -0.39 is 4.92 Å². The molecule has 0 spiro atoms. The number of unbranched alkanes of at least 4 members (excludes halogenated alkanes) is 3. The number of nitro groups is 1. The third-order valence-electron chi connectivity index (χ3n) is 1.96. The predicted octanol–water partition coefficient (Wildman–Crippen LogP) is 2.10. The summed E-state index contributed by atoms with van der Waals surface area (Å²) in [4.78, 5) is 9.55. The largest absolute Gasteiger partial charge is 0.379 e. The molecule has 0 aromatic rings. The van der Waals surface area contributed by atoms with Gasteiger partial charge < -0.3 is 9.47 Å². The third-order valence-corrected chi connectivity index (χ3v) is 2.23. The van der Waals surface area contributed by atoms with E-state index in [4.69, 9.17) is 21.1 Å². The van der Waals surface area contributed by atoms with E-state index in [9.17, 15) is 10.1 Å². The second-order valence-electron chi connectivity index (χ2n) is 3.38. The van der Waals surface area contributed by atoms with Gasteiger partial charge in [-0.15, -0.1) is 11.6 Å². The molecule has 0 N–H and O–H groups in total. The second kappa shape index (κ2) is 12.7. The van der Waals surface area contributed by atoms with E-state index in [1.807, 2.05) is 0 Å². The summed E-state index contributed by atoms with van der Waals surface area (Å²) >= 11 is 5.54. The van der Waals surface area contributed by atoms with Gasteiger partial charge in [0.2, 0.25) is 6.54 Å². The number of halogens is 1. The molecule has 0 aromatic heterocycles. The minimum absolute atomic E-state index is 0.140. The maximum absolute atomic E-state index is 9.94. The Balaban J connectivity index is 2.90. The van der Waals surface area contributed by atoms with Crippen molar-refractivity contribution in [1.82, 2.24) is 0 Å². The number of rotatable bonds is 12. The highest BCUT2D eigenvalue weighted by Gasteiger charge is 1.96. The molecule has 0 atom stereocenters. The first-order valence-corrected chi connectivity index (χ1v) is 6.14. The van der Waals surface area contributed by atoms with Crippen molar-refractivity contribution in [3.63, 3.8) is 0 Å². The fourth-order valence-electron chi connectivity index (χ4n) is 1.11. The lowest BCUT2D eigenvalue weighted by molar-refractivity contribution is -0.483. The van der Waals surface area contributed by atoms with E-state index in [1.165, 1.54) is 0 Å². The van der Waals surface area contributed by atoms with Gasteiger partial charge >= 0.3 is 0 Å². The van der Waals surface area contributed by atoms with Gasteiger partial charge in [0.15, 0.2) is 0 Å². The van der Waals surface area contributed by atoms with Crippen LogP contribution in [0.1, 0.15) is 25.7 Å². The van der Waals surface area contributed by atoms with Crippen LogP contribution in [0.3, 0.4) is 0 Å². The molecule has 0 unspecified atom stereocenters. The van der Waals surface area contributed by atoms with Gasteiger partial charge in [-0.3, -0.25) is 10.1 Å². The summed E-state index contributed by atoms with van der Waals surface area (Å²) in [5.74, 6) is 0.727. The van der Waals surface area contributed by atoms with Gasteiger partial charge in [0.1, 0.15) is 6.61 Å². The molecule has 16 heavy (non-hydrogen) atoms. The summed E-state index contributed by atoms with van der Waals surface area (Å²) in [5, 5.41) is 9.94. The van der Waals surface area contributed by atoms with Crippen molar-refractivity contribution < 1.29 is 14.4 Å². The van der Waals surface area contributed by atoms with Crippen molar-refractivity contribution in [2.24, 2.45) is 0 Å². The minimum atomic E-state index is -0.391. The Bertz CT molecular complexity index is 169. The van der Waals surface area contributed by atoms with Gasteiger partial charge in [-0.2, -0.15) is 0 Å². The van der Waals surface area contributed by atoms with Crippen molar-refractivity contribution >= 4 is 11.6 Å². The molecule has 6 heteroatoms. The maximum atomic E-state index is 9.94. The molecule has 0 aliphatic heterocycles. The van der Waals surface area contributed by atoms with Crippen LogP contribution in [-0.2, 0) is 9.47 Å². The van der Waals surface area contributed by atoms with E-state index in [0.717, 1.165) is 38.2 Å². The summed E-state index contributed by atoms with van der Waals surface area (Å²) in [7, 11) is 0. The van der Waals surface area contributed by atoms with Crippen molar-refractivity contribution in [3.8, 4) is 0 Å². The Kier molecular flexibility index (Phi) is 12.4. The predicted molar refractivity (Wildman–Crippen MR) is 62.7 cm³/mol. The summed E-state index contributed by atoms with van der Waals surface area (Å²) < 4.78 is 10.3. The van der Waals surface area contributed by atoms with E-state index >= 15 is 0 Å². The Morgan fingerprint density at radius 2 is 1.56 bits per heavy atom. The fourth-order valence-corrected chi connectivity index (χ4v) is 1.30. The molecule has 0 bridgehead atoms. The van der Waals surface area contributed by atoms with E-state index in [0.29, 0.717) is 13.2 Å². The molecule has 0 rings (SSSR count). The molecule has 0 saturated carbocycles. The van der Waals surface area contributed by atoms with Gasteiger partial charge in [-0.1, -0.05) is 12.8 Å². The van der Waals surface area contributed by atoms with Gasteiger partial charge in [0.05, 0.1) is 13.2 Å². The van der Waals surface area contributed by atoms with Crippen molar-refractivity contribution in [2.45, 2.75) is 25.7 Å². The van der Waals surface area contributed by atoms with Crippen LogP contribution in [0.25, 0.3) is 0 Å². The monoisotopic (exact) mass is 253 g/mol. The first kappa shape index (κ1) is 15.6. The zero-order valence-electron chi connectivity index (χ0n) is 9.53. The van der Waals surface area contributed by atoms with Crippen LogP contribution >= 0.6 is 11.6 Å². The molecule has 0 aliphatic rings. The zero-order chi connectivity index (χ0) is 12.1. The molecule has 0 aliphatic carbocycles. The molecule has 0 heterocycles. The van der Waals surface area contributed by atoms with Crippen LogP contribution in [0.4, 0.5) is 0 Å². The average molecular weight is 254 g/mol. The Morgan fingerprint density at radius 3 is 2.19 bits per heavy atom. The first-order chi connectivity index (χ1) is 7.77. The summed E-state index contributed by atoms with van der Waals surface area (Å²) in [6, 6.07) is 0. The molecular weight excluding hydrogens is 234 g/mol. The number of alkyl halides is 1. The molecule has 0 saturated heterocycles. The Labute approximate surface area is 101 Å². The van der Waals surface area contributed by atoms with Crippen LogP contribution < -0.4 is 0 Å². The van der Waals surface area contributed by atoms with Gasteiger partial charge in [-0.25, -0.2) is 0 Å². The van der Waals surface area contributed by atoms with Crippen LogP contribution in [0.5, 0.6) is 0 Å². The highest BCUT2D eigenvalue weighted by Crippen LogP contribution is 2.00. The number of nitrogens with zero attached hydrogens (tertiary/aromatic N) is 1. The summed E-state index contributed by atoms with van der Waals surface area (Å²) in [6.07, 6.45) is 4.37. The Hall–Kier alpha value is -0.390. The van der Waals surface area contributed by atoms with Crippen LogP contribution in [0.15, 0.2) is 0 Å². The van der Waals surface area contributed by atoms with E-state index in [-0.39, 0.29) is 13.2 Å². The molecule has 0 fully saturated rings. The zero-order valence-corrected chi connectivity index (χ0v) is 10.3. The molecule has 5 nitrogen and oxygen atoms in total. The quantitative estimate of drug-likeness (QED) is 0.231. The fraction of sp³-hybridized carbons (Fsp3) is 1.00. The number of hydrogen-bond donors (Lipinski definition) is 0. The van der Waals surface area contributed by atoms with Gasteiger partial charge in [-0.05, 0) is 12.8 Å². The van der Waals surface area contributed by atoms with Crippen LogP contribution in [0.2, 0.25) is 0 Å². The maximum Gasteiger partial charge on any atom is 0.226 e. The first-order valence-electron chi connectivity index (χ1n) is 5.60. The highest BCUT2D eigenvalue weighted by molar-refractivity contribution is 6.17. The standard InChI is InChI=1S/C10H20ClNO4/c11-5-3-1-2-4-7-15-9-10-16-8-6-12(13)14/h1-10H2. The lowest BCUT2D eigenvalue weighted by atomic mass is 10.2. The second-order valence-corrected chi connectivity index (χ2v) is 3.76. The van der Waals surface area contributed by atoms with Crippen molar-refractivity contribution in [1.29, 1.82) is 0 Å². The average Bonchev–Trinajstić information content (AvgIpc) is 2.25. The smallest absolute Gasteiger partial charge is 0.226 e. The number of hydrogen-bond acceptors (Lipinski definition) is 4. The lowest BCUT2D eigenvalue weighted by Gasteiger charge is -2.04. The normalized spacial score (nSPS) is 10.6. The third kappa shape index (κ3) is 13.6.